The Hall–Kier alpha value is -2.40. The van der Waals surface area contributed by atoms with Crippen molar-refractivity contribution in [1.82, 2.24) is 0 Å². The van der Waals surface area contributed by atoms with Gasteiger partial charge in [0.25, 0.3) is 0 Å². The predicted octanol–water partition coefficient (Wildman–Crippen LogP) is 3.43. The molecule has 1 atom stereocenters. The van der Waals surface area contributed by atoms with Crippen molar-refractivity contribution in [2.24, 2.45) is 0 Å². The standard InChI is InChI=1S/C17H17ClO5/c1-21-12-7-8-14(22-2)11(9-12)10-16(17(19)20)23-15-6-4-3-5-13(15)18/h3-9,16H,10H2,1-2H3,(H,19,20)/t16-/m1/s1. The van der Waals surface area contributed by atoms with E-state index < -0.39 is 12.1 Å². The molecule has 23 heavy (non-hydrogen) atoms. The van der Waals surface area contributed by atoms with E-state index in [0.717, 1.165) is 0 Å². The number of carbonyl (C=O) groups is 1. The van der Waals surface area contributed by atoms with Gasteiger partial charge in [0.2, 0.25) is 0 Å². The molecule has 0 aliphatic heterocycles. The molecule has 0 aromatic heterocycles. The molecule has 6 heteroatoms. The molecule has 0 saturated carbocycles. The topological polar surface area (TPSA) is 65.0 Å². The lowest BCUT2D eigenvalue weighted by Gasteiger charge is -2.18. The smallest absolute Gasteiger partial charge is 0.345 e. The first-order valence-electron chi connectivity index (χ1n) is 6.90. The highest BCUT2D eigenvalue weighted by molar-refractivity contribution is 6.32. The van der Waals surface area contributed by atoms with E-state index >= 15 is 0 Å². The maximum Gasteiger partial charge on any atom is 0.345 e. The molecule has 0 unspecified atom stereocenters. The van der Waals surface area contributed by atoms with E-state index in [1.54, 1.807) is 49.6 Å². The summed E-state index contributed by atoms with van der Waals surface area (Å²) in [5, 5.41) is 9.79. The van der Waals surface area contributed by atoms with Crippen LogP contribution in [0.15, 0.2) is 42.5 Å². The molecule has 0 bridgehead atoms. The Bertz CT molecular complexity index is 686. The summed E-state index contributed by atoms with van der Waals surface area (Å²) in [5.74, 6) is 0.417. The fourth-order valence-electron chi connectivity index (χ4n) is 2.11. The maximum absolute atomic E-state index is 11.5. The zero-order valence-corrected chi connectivity index (χ0v) is 13.5. The lowest BCUT2D eigenvalue weighted by molar-refractivity contribution is -0.145. The molecule has 2 aromatic rings. The number of para-hydroxylation sites is 1. The lowest BCUT2D eigenvalue weighted by Crippen LogP contribution is -2.29. The second-order valence-electron chi connectivity index (χ2n) is 4.76. The molecule has 2 rings (SSSR count). The fourth-order valence-corrected chi connectivity index (χ4v) is 2.29. The number of aliphatic carboxylic acids is 1. The molecule has 2 aromatic carbocycles. The van der Waals surface area contributed by atoms with Crippen molar-refractivity contribution in [2.75, 3.05) is 14.2 Å². The summed E-state index contributed by atoms with van der Waals surface area (Å²) in [6, 6.07) is 11.9. The number of halogens is 1. The van der Waals surface area contributed by atoms with Crippen molar-refractivity contribution in [1.29, 1.82) is 0 Å². The molecule has 0 amide bonds. The molecule has 0 aliphatic rings. The summed E-state index contributed by atoms with van der Waals surface area (Å²) < 4.78 is 16.0. The number of carboxylic acid groups (broad SMARTS) is 1. The van der Waals surface area contributed by atoms with E-state index in [-0.39, 0.29) is 6.42 Å². The summed E-state index contributed by atoms with van der Waals surface area (Å²) in [7, 11) is 3.07. The minimum atomic E-state index is -1.10. The van der Waals surface area contributed by atoms with Gasteiger partial charge in [-0.1, -0.05) is 23.7 Å². The Kier molecular flexibility index (Phi) is 5.71. The van der Waals surface area contributed by atoms with Crippen molar-refractivity contribution in [2.45, 2.75) is 12.5 Å². The van der Waals surface area contributed by atoms with E-state index in [0.29, 0.717) is 27.8 Å². The molecule has 5 nitrogen and oxygen atoms in total. The van der Waals surface area contributed by atoms with Crippen LogP contribution in [0.2, 0.25) is 5.02 Å². The van der Waals surface area contributed by atoms with Crippen molar-refractivity contribution >= 4 is 17.6 Å². The third-order valence-electron chi connectivity index (χ3n) is 3.27. The Labute approximate surface area is 139 Å². The largest absolute Gasteiger partial charge is 0.497 e. The highest BCUT2D eigenvalue weighted by atomic mass is 35.5. The van der Waals surface area contributed by atoms with Gasteiger partial charge in [-0.05, 0) is 30.3 Å². The van der Waals surface area contributed by atoms with Crippen LogP contribution in [0.25, 0.3) is 0 Å². The van der Waals surface area contributed by atoms with Crippen LogP contribution in [0.5, 0.6) is 17.2 Å². The maximum atomic E-state index is 11.5. The van der Waals surface area contributed by atoms with Crippen molar-refractivity contribution in [3.63, 3.8) is 0 Å². The fraction of sp³-hybridized carbons (Fsp3) is 0.235. The van der Waals surface area contributed by atoms with Crippen LogP contribution in [0.4, 0.5) is 0 Å². The van der Waals surface area contributed by atoms with Gasteiger partial charge >= 0.3 is 5.97 Å². The SMILES string of the molecule is COc1ccc(OC)c(C[C@@H](Oc2ccccc2Cl)C(=O)O)c1. The normalized spacial score (nSPS) is 11.6. The Balaban J connectivity index is 2.26. The van der Waals surface area contributed by atoms with Gasteiger partial charge < -0.3 is 19.3 Å². The van der Waals surface area contributed by atoms with E-state index in [1.165, 1.54) is 7.11 Å². The van der Waals surface area contributed by atoms with Crippen LogP contribution in [0, 0.1) is 0 Å². The van der Waals surface area contributed by atoms with Crippen LogP contribution in [0.3, 0.4) is 0 Å². The van der Waals surface area contributed by atoms with Crippen LogP contribution in [-0.4, -0.2) is 31.4 Å². The first-order chi connectivity index (χ1) is 11.0. The molecule has 0 spiro atoms. The van der Waals surface area contributed by atoms with Crippen molar-refractivity contribution in [3.8, 4) is 17.2 Å². The number of carboxylic acids is 1. The van der Waals surface area contributed by atoms with Crippen LogP contribution in [0.1, 0.15) is 5.56 Å². The zero-order valence-electron chi connectivity index (χ0n) is 12.8. The average Bonchev–Trinajstić information content (AvgIpc) is 2.55. The summed E-state index contributed by atoms with van der Waals surface area (Å²) in [5.41, 5.74) is 0.673. The van der Waals surface area contributed by atoms with Gasteiger partial charge in [0.1, 0.15) is 17.2 Å². The van der Waals surface area contributed by atoms with E-state index in [9.17, 15) is 9.90 Å². The van der Waals surface area contributed by atoms with Gasteiger partial charge in [-0.2, -0.15) is 0 Å². The molecule has 122 valence electrons. The molecule has 0 saturated heterocycles. The second-order valence-corrected chi connectivity index (χ2v) is 5.16. The minimum Gasteiger partial charge on any atom is -0.497 e. The summed E-state index contributed by atoms with van der Waals surface area (Å²) in [6.07, 6.45) is -0.989. The molecular weight excluding hydrogens is 320 g/mol. The minimum absolute atomic E-state index is 0.112. The molecular formula is C17H17ClO5. The van der Waals surface area contributed by atoms with Gasteiger partial charge in [-0.15, -0.1) is 0 Å². The number of benzene rings is 2. The van der Waals surface area contributed by atoms with Gasteiger partial charge in [-0.25, -0.2) is 4.79 Å². The highest BCUT2D eigenvalue weighted by Gasteiger charge is 2.23. The van der Waals surface area contributed by atoms with Gasteiger partial charge in [0, 0.05) is 12.0 Å². The number of ether oxygens (including phenoxy) is 3. The van der Waals surface area contributed by atoms with E-state index in [1.807, 2.05) is 0 Å². The van der Waals surface area contributed by atoms with Gasteiger partial charge in [0.05, 0.1) is 19.2 Å². The van der Waals surface area contributed by atoms with Crippen LogP contribution in [-0.2, 0) is 11.2 Å². The second kappa shape index (κ2) is 7.74. The summed E-state index contributed by atoms with van der Waals surface area (Å²) in [4.78, 5) is 11.5. The van der Waals surface area contributed by atoms with Crippen molar-refractivity contribution in [3.05, 3.63) is 53.1 Å². The Morgan fingerprint density at radius 3 is 2.48 bits per heavy atom. The lowest BCUT2D eigenvalue weighted by atomic mass is 10.1. The number of methoxy groups -OCH3 is 2. The van der Waals surface area contributed by atoms with E-state index in [2.05, 4.69) is 0 Å². The van der Waals surface area contributed by atoms with Crippen LogP contribution < -0.4 is 14.2 Å². The molecule has 0 heterocycles. The number of hydrogen-bond acceptors (Lipinski definition) is 4. The van der Waals surface area contributed by atoms with Crippen LogP contribution >= 0.6 is 11.6 Å². The Morgan fingerprint density at radius 2 is 1.87 bits per heavy atom. The summed E-state index contributed by atoms with van der Waals surface area (Å²) >= 11 is 6.02. The first kappa shape index (κ1) is 17.0. The molecule has 1 N–H and O–H groups in total. The Morgan fingerprint density at radius 1 is 1.13 bits per heavy atom. The quantitative estimate of drug-likeness (QED) is 0.839. The predicted molar refractivity (Wildman–Crippen MR) is 86.8 cm³/mol. The van der Waals surface area contributed by atoms with E-state index in [4.69, 9.17) is 25.8 Å². The monoisotopic (exact) mass is 336 g/mol. The van der Waals surface area contributed by atoms with Gasteiger partial charge in [-0.3, -0.25) is 0 Å². The number of rotatable bonds is 7. The molecule has 0 aliphatic carbocycles. The molecule has 0 radical (unpaired) electrons. The average molecular weight is 337 g/mol. The number of hydrogen-bond donors (Lipinski definition) is 1. The molecule has 0 fully saturated rings. The van der Waals surface area contributed by atoms with Crippen molar-refractivity contribution < 1.29 is 24.1 Å². The highest BCUT2D eigenvalue weighted by Crippen LogP contribution is 2.28. The zero-order chi connectivity index (χ0) is 16.8. The third kappa shape index (κ3) is 4.29. The first-order valence-corrected chi connectivity index (χ1v) is 7.28. The van der Waals surface area contributed by atoms with Gasteiger partial charge in [0.15, 0.2) is 6.10 Å². The summed E-state index contributed by atoms with van der Waals surface area (Å²) in [6.45, 7) is 0. The third-order valence-corrected chi connectivity index (χ3v) is 3.59.